The first-order chi connectivity index (χ1) is 11.1. The van der Waals surface area contributed by atoms with Crippen molar-refractivity contribution in [2.75, 3.05) is 11.4 Å². The van der Waals surface area contributed by atoms with Crippen LogP contribution < -0.4 is 4.90 Å². The molecule has 4 rings (SSSR count). The monoisotopic (exact) mass is 350 g/mol. The van der Waals surface area contributed by atoms with Crippen LogP contribution in [0.25, 0.3) is 11.0 Å². The van der Waals surface area contributed by atoms with Crippen molar-refractivity contribution in [3.63, 3.8) is 0 Å². The van der Waals surface area contributed by atoms with Gasteiger partial charge in [0, 0.05) is 17.8 Å². The van der Waals surface area contributed by atoms with E-state index in [2.05, 4.69) is 15.0 Å². The molecule has 0 amide bonds. The van der Waals surface area contributed by atoms with Crippen LogP contribution in [0.2, 0.25) is 10.0 Å². The first-order valence-electron chi connectivity index (χ1n) is 7.34. The van der Waals surface area contributed by atoms with Gasteiger partial charge in [-0.25, -0.2) is 14.4 Å². The van der Waals surface area contributed by atoms with Gasteiger partial charge in [0.1, 0.15) is 5.82 Å². The molecule has 0 aliphatic carbocycles. The molecule has 3 heterocycles. The van der Waals surface area contributed by atoms with Crippen LogP contribution >= 0.6 is 23.2 Å². The summed E-state index contributed by atoms with van der Waals surface area (Å²) in [5.41, 5.74) is 1.73. The molecule has 1 atom stereocenters. The molecule has 1 fully saturated rings. The van der Waals surface area contributed by atoms with Crippen LogP contribution in [0.1, 0.15) is 24.7 Å². The number of halogens is 3. The summed E-state index contributed by atoms with van der Waals surface area (Å²) in [6.45, 7) is 0.730. The number of imidazole rings is 1. The number of hydrogen-bond acceptors (Lipinski definition) is 3. The van der Waals surface area contributed by atoms with Crippen molar-refractivity contribution < 1.29 is 4.39 Å². The molecule has 1 unspecified atom stereocenters. The molecule has 0 bridgehead atoms. The Hall–Kier alpha value is -1.85. The summed E-state index contributed by atoms with van der Waals surface area (Å²) in [4.78, 5) is 14.0. The van der Waals surface area contributed by atoms with Gasteiger partial charge in [-0.05, 0) is 37.1 Å². The molecule has 7 heteroatoms. The maximum absolute atomic E-state index is 14.2. The van der Waals surface area contributed by atoms with Crippen LogP contribution in [0.5, 0.6) is 0 Å². The van der Waals surface area contributed by atoms with E-state index >= 15 is 0 Å². The van der Waals surface area contributed by atoms with Gasteiger partial charge in [0.2, 0.25) is 0 Å². The number of fused-ring (bicyclic) bond motifs is 1. The molecule has 1 aromatic carbocycles. The van der Waals surface area contributed by atoms with E-state index in [0.717, 1.165) is 36.2 Å². The van der Waals surface area contributed by atoms with E-state index in [1.807, 2.05) is 17.0 Å². The van der Waals surface area contributed by atoms with Crippen LogP contribution in [-0.2, 0) is 0 Å². The summed E-state index contributed by atoms with van der Waals surface area (Å²) < 4.78 is 14.2. The van der Waals surface area contributed by atoms with Crippen molar-refractivity contribution in [1.29, 1.82) is 0 Å². The van der Waals surface area contributed by atoms with Crippen molar-refractivity contribution in [3.8, 4) is 0 Å². The average molecular weight is 351 g/mol. The van der Waals surface area contributed by atoms with Crippen LogP contribution in [0, 0.1) is 5.82 Å². The molecule has 2 aromatic heterocycles. The standard InChI is InChI=1S/C16H13Cl2FN4/c17-9-3-4-12-13(7-9)22-15(21-12)14-2-1-5-23(14)16-11(19)6-10(18)8-20-16/h3-4,6-8,14H,1-2,5H2,(H,21,22). The zero-order chi connectivity index (χ0) is 16.0. The van der Waals surface area contributed by atoms with Gasteiger partial charge >= 0.3 is 0 Å². The highest BCUT2D eigenvalue weighted by molar-refractivity contribution is 6.31. The lowest BCUT2D eigenvalue weighted by Gasteiger charge is -2.24. The van der Waals surface area contributed by atoms with E-state index in [9.17, 15) is 4.39 Å². The number of nitrogens with one attached hydrogen (secondary N) is 1. The number of H-pyrrole nitrogens is 1. The Labute approximate surface area is 142 Å². The number of anilines is 1. The van der Waals surface area contributed by atoms with Crippen LogP contribution in [0.15, 0.2) is 30.5 Å². The van der Waals surface area contributed by atoms with Crippen molar-refractivity contribution in [3.05, 3.63) is 52.1 Å². The van der Waals surface area contributed by atoms with E-state index in [0.29, 0.717) is 15.9 Å². The zero-order valence-corrected chi connectivity index (χ0v) is 13.6. The topological polar surface area (TPSA) is 44.8 Å². The maximum Gasteiger partial charge on any atom is 0.167 e. The molecule has 0 spiro atoms. The summed E-state index contributed by atoms with van der Waals surface area (Å²) in [6.07, 6.45) is 3.30. The van der Waals surface area contributed by atoms with Crippen molar-refractivity contribution >= 4 is 40.1 Å². The minimum absolute atomic E-state index is 0.0376. The smallest absolute Gasteiger partial charge is 0.167 e. The van der Waals surface area contributed by atoms with E-state index in [-0.39, 0.29) is 6.04 Å². The van der Waals surface area contributed by atoms with Gasteiger partial charge in [-0.2, -0.15) is 0 Å². The van der Waals surface area contributed by atoms with Crippen LogP contribution in [0.4, 0.5) is 10.2 Å². The number of aromatic amines is 1. The third-order valence-corrected chi connectivity index (χ3v) is 4.53. The molecule has 0 radical (unpaired) electrons. The summed E-state index contributed by atoms with van der Waals surface area (Å²) >= 11 is 11.8. The lowest BCUT2D eigenvalue weighted by molar-refractivity contribution is 0.596. The second kappa shape index (κ2) is 5.65. The second-order valence-corrected chi connectivity index (χ2v) is 6.47. The fourth-order valence-electron chi connectivity index (χ4n) is 3.08. The summed E-state index contributed by atoms with van der Waals surface area (Å²) in [7, 11) is 0. The lowest BCUT2D eigenvalue weighted by Crippen LogP contribution is -2.25. The largest absolute Gasteiger partial charge is 0.344 e. The predicted molar refractivity (Wildman–Crippen MR) is 89.6 cm³/mol. The van der Waals surface area contributed by atoms with Gasteiger partial charge in [-0.3, -0.25) is 0 Å². The number of hydrogen-bond donors (Lipinski definition) is 1. The highest BCUT2D eigenvalue weighted by Crippen LogP contribution is 2.36. The molecule has 118 valence electrons. The number of nitrogens with zero attached hydrogens (tertiary/aromatic N) is 3. The lowest BCUT2D eigenvalue weighted by atomic mass is 10.2. The van der Waals surface area contributed by atoms with E-state index in [1.165, 1.54) is 12.3 Å². The molecule has 23 heavy (non-hydrogen) atoms. The number of rotatable bonds is 2. The Morgan fingerprint density at radius 1 is 1.22 bits per heavy atom. The number of aromatic nitrogens is 3. The predicted octanol–water partition coefficient (Wildman–Crippen LogP) is 4.75. The van der Waals surface area contributed by atoms with Crippen LogP contribution in [0.3, 0.4) is 0 Å². The molecule has 1 N–H and O–H groups in total. The zero-order valence-electron chi connectivity index (χ0n) is 12.1. The fourth-order valence-corrected chi connectivity index (χ4v) is 3.40. The highest BCUT2D eigenvalue weighted by Gasteiger charge is 2.31. The summed E-state index contributed by atoms with van der Waals surface area (Å²) in [5, 5.41) is 0.946. The quantitative estimate of drug-likeness (QED) is 0.725. The minimum Gasteiger partial charge on any atom is -0.344 e. The Morgan fingerprint density at radius 3 is 2.91 bits per heavy atom. The molecular formula is C16H13Cl2FN4. The molecule has 1 aliphatic heterocycles. The normalized spacial score (nSPS) is 18.0. The Balaban J connectivity index is 1.74. The fraction of sp³-hybridized carbons (Fsp3) is 0.250. The maximum atomic E-state index is 14.2. The van der Waals surface area contributed by atoms with Gasteiger partial charge in [-0.15, -0.1) is 0 Å². The van der Waals surface area contributed by atoms with Gasteiger partial charge < -0.3 is 9.88 Å². The first kappa shape index (κ1) is 14.7. The third-order valence-electron chi connectivity index (χ3n) is 4.09. The van der Waals surface area contributed by atoms with Gasteiger partial charge in [0.25, 0.3) is 0 Å². The van der Waals surface area contributed by atoms with Crippen LogP contribution in [-0.4, -0.2) is 21.5 Å². The third kappa shape index (κ3) is 2.64. The SMILES string of the molecule is Fc1cc(Cl)cnc1N1CCCC1c1nc2ccc(Cl)cc2[nH]1. The van der Waals surface area contributed by atoms with Crippen molar-refractivity contribution in [1.82, 2.24) is 15.0 Å². The van der Waals surface area contributed by atoms with Crippen molar-refractivity contribution in [2.45, 2.75) is 18.9 Å². The molecule has 4 nitrogen and oxygen atoms in total. The molecular weight excluding hydrogens is 338 g/mol. The van der Waals surface area contributed by atoms with Crippen molar-refractivity contribution in [2.24, 2.45) is 0 Å². The van der Waals surface area contributed by atoms with Gasteiger partial charge in [0.05, 0.1) is 22.1 Å². The highest BCUT2D eigenvalue weighted by atomic mass is 35.5. The van der Waals surface area contributed by atoms with E-state index in [4.69, 9.17) is 23.2 Å². The molecule has 1 saturated heterocycles. The van der Waals surface area contributed by atoms with Gasteiger partial charge in [-0.1, -0.05) is 23.2 Å². The molecule has 1 aliphatic rings. The summed E-state index contributed by atoms with van der Waals surface area (Å²) in [6, 6.07) is 6.77. The van der Waals surface area contributed by atoms with E-state index in [1.54, 1.807) is 6.07 Å². The number of pyridine rings is 1. The van der Waals surface area contributed by atoms with E-state index < -0.39 is 5.82 Å². The molecule has 0 saturated carbocycles. The Morgan fingerprint density at radius 2 is 2.09 bits per heavy atom. The molecule has 3 aromatic rings. The average Bonchev–Trinajstić information content (AvgIpc) is 3.12. The summed E-state index contributed by atoms with van der Waals surface area (Å²) in [5.74, 6) is 0.704. The minimum atomic E-state index is -0.413. The Bertz CT molecular complexity index is 880. The number of benzene rings is 1. The second-order valence-electron chi connectivity index (χ2n) is 5.59. The first-order valence-corrected chi connectivity index (χ1v) is 8.10. The Kier molecular flexibility index (Phi) is 3.62. The van der Waals surface area contributed by atoms with Gasteiger partial charge in [0.15, 0.2) is 11.6 Å².